The van der Waals surface area contributed by atoms with Gasteiger partial charge < -0.3 is 14.8 Å². The van der Waals surface area contributed by atoms with Gasteiger partial charge in [0.2, 0.25) is 0 Å². The fourth-order valence-corrected chi connectivity index (χ4v) is 3.02. The Bertz CT molecular complexity index is 393. The van der Waals surface area contributed by atoms with Crippen LogP contribution in [-0.4, -0.2) is 29.8 Å². The van der Waals surface area contributed by atoms with E-state index in [0.29, 0.717) is 12.3 Å². The van der Waals surface area contributed by atoms with Crippen LogP contribution in [0.3, 0.4) is 0 Å². The minimum atomic E-state index is -0.513. The second kappa shape index (κ2) is 4.85. The number of hydrogen-bond acceptors (Lipinski definition) is 4. The van der Waals surface area contributed by atoms with E-state index >= 15 is 0 Å². The monoisotopic (exact) mass is 289 g/mol. The van der Waals surface area contributed by atoms with Crippen molar-refractivity contribution in [1.29, 1.82) is 0 Å². The molecule has 0 aromatic heterocycles. The van der Waals surface area contributed by atoms with E-state index in [1.165, 1.54) is 0 Å². The Labute approximate surface area is 118 Å². The number of alkyl carbamates (subject to hydrolysis) is 1. The normalized spacial score (nSPS) is 32.4. The molecular weight excluding hydrogens is 270 g/mol. The Morgan fingerprint density at radius 3 is 2.63 bits per heavy atom. The fraction of sp³-hybridized carbons (Fsp3) is 0.846. The number of carbonyl (C=O) groups is 2. The van der Waals surface area contributed by atoms with Gasteiger partial charge in [0.25, 0.3) is 0 Å². The summed E-state index contributed by atoms with van der Waals surface area (Å²) in [4.78, 5) is 23.5. The zero-order valence-electron chi connectivity index (χ0n) is 11.5. The Balaban J connectivity index is 1.84. The molecule has 19 heavy (non-hydrogen) atoms. The number of esters is 1. The first-order valence-electron chi connectivity index (χ1n) is 6.49. The van der Waals surface area contributed by atoms with Crippen molar-refractivity contribution in [2.75, 3.05) is 6.07 Å². The largest absolute Gasteiger partial charge is 0.449 e. The number of rotatable bonds is 3. The smallest absolute Gasteiger partial charge is 0.407 e. The molecule has 2 saturated carbocycles. The van der Waals surface area contributed by atoms with Gasteiger partial charge in [-0.05, 0) is 46.0 Å². The molecule has 108 valence electrons. The summed E-state index contributed by atoms with van der Waals surface area (Å²) in [5.41, 5.74) is -0.921. The molecule has 5 nitrogen and oxygen atoms in total. The molecule has 0 heterocycles. The molecule has 2 aliphatic rings. The molecule has 0 aromatic carbocycles. The molecule has 2 rings (SSSR count). The van der Waals surface area contributed by atoms with Gasteiger partial charge >= 0.3 is 12.1 Å². The molecule has 0 aromatic rings. The van der Waals surface area contributed by atoms with E-state index < -0.39 is 17.1 Å². The molecule has 2 fully saturated rings. The van der Waals surface area contributed by atoms with Crippen molar-refractivity contribution in [1.82, 2.24) is 5.32 Å². The van der Waals surface area contributed by atoms with Gasteiger partial charge in [0, 0.05) is 6.04 Å². The Hall–Kier alpha value is -0.970. The van der Waals surface area contributed by atoms with Gasteiger partial charge in [-0.2, -0.15) is 0 Å². The molecule has 0 spiro atoms. The third-order valence-electron chi connectivity index (χ3n) is 3.72. The summed E-state index contributed by atoms with van der Waals surface area (Å²) < 4.78 is 10.1. The molecule has 1 N–H and O–H groups in total. The SMILES string of the molecule is CC(C)(C)OC(=O)N[C@@H]1C[C@H]2C[C@@]2(C(=O)OCCl)C1. The van der Waals surface area contributed by atoms with Crippen molar-refractivity contribution >= 4 is 23.7 Å². The molecule has 0 saturated heterocycles. The number of carbonyl (C=O) groups excluding carboxylic acids is 2. The van der Waals surface area contributed by atoms with Crippen molar-refractivity contribution in [3.8, 4) is 0 Å². The summed E-state index contributed by atoms with van der Waals surface area (Å²) >= 11 is 5.42. The summed E-state index contributed by atoms with van der Waals surface area (Å²) in [7, 11) is 0. The van der Waals surface area contributed by atoms with E-state index in [1.54, 1.807) is 0 Å². The van der Waals surface area contributed by atoms with Crippen LogP contribution in [0.1, 0.15) is 40.0 Å². The van der Waals surface area contributed by atoms with Gasteiger partial charge in [-0.15, -0.1) is 0 Å². The zero-order valence-corrected chi connectivity index (χ0v) is 12.3. The maximum Gasteiger partial charge on any atom is 0.407 e. The lowest BCUT2D eigenvalue weighted by Crippen LogP contribution is -2.39. The highest BCUT2D eigenvalue weighted by molar-refractivity contribution is 6.17. The molecule has 3 atom stereocenters. The minimum Gasteiger partial charge on any atom is -0.449 e. The van der Waals surface area contributed by atoms with Gasteiger partial charge in [-0.3, -0.25) is 4.79 Å². The zero-order chi connectivity index (χ0) is 14.3. The van der Waals surface area contributed by atoms with E-state index in [1.807, 2.05) is 20.8 Å². The first-order chi connectivity index (χ1) is 8.77. The predicted octanol–water partition coefficient (Wildman–Crippen LogP) is 2.42. The van der Waals surface area contributed by atoms with Crippen molar-refractivity contribution < 1.29 is 19.1 Å². The van der Waals surface area contributed by atoms with E-state index in [2.05, 4.69) is 5.32 Å². The van der Waals surface area contributed by atoms with Crippen LogP contribution in [0.5, 0.6) is 0 Å². The number of amides is 1. The third-order valence-corrected chi connectivity index (χ3v) is 3.83. The average molecular weight is 290 g/mol. The summed E-state index contributed by atoms with van der Waals surface area (Å²) in [6.45, 7) is 5.45. The van der Waals surface area contributed by atoms with Crippen LogP contribution in [0, 0.1) is 11.3 Å². The second-order valence-electron chi connectivity index (χ2n) is 6.38. The van der Waals surface area contributed by atoms with Crippen LogP contribution in [-0.2, 0) is 14.3 Å². The van der Waals surface area contributed by atoms with E-state index in [0.717, 1.165) is 12.8 Å². The number of ether oxygens (including phenoxy) is 2. The standard InChI is InChI=1S/C13H20ClNO4/c1-12(2,3)19-11(17)15-9-4-8-5-13(8,6-9)10(16)18-7-14/h8-9H,4-7H2,1-3H3,(H,15,17)/t8-,9+,13+/m0/s1. The fourth-order valence-electron chi connectivity index (χ4n) is 2.92. The van der Waals surface area contributed by atoms with Crippen molar-refractivity contribution in [2.45, 2.75) is 51.7 Å². The third kappa shape index (κ3) is 3.14. The van der Waals surface area contributed by atoms with Gasteiger partial charge in [0.15, 0.2) is 6.07 Å². The molecule has 2 aliphatic carbocycles. The Kier molecular flexibility index (Phi) is 3.69. The van der Waals surface area contributed by atoms with Crippen LogP contribution in [0.25, 0.3) is 0 Å². The summed E-state index contributed by atoms with van der Waals surface area (Å²) in [5.74, 6) is 0.0733. The maximum absolute atomic E-state index is 11.8. The summed E-state index contributed by atoms with van der Waals surface area (Å²) in [6.07, 6.45) is 1.83. The first kappa shape index (κ1) is 14.4. The number of hydrogen-bond donors (Lipinski definition) is 1. The summed E-state index contributed by atoms with van der Waals surface area (Å²) in [6, 6.07) is -0.131. The molecule has 0 aliphatic heterocycles. The number of nitrogens with one attached hydrogen (secondary N) is 1. The van der Waals surface area contributed by atoms with Gasteiger partial charge in [0.1, 0.15) is 5.60 Å². The Morgan fingerprint density at radius 2 is 2.05 bits per heavy atom. The van der Waals surface area contributed by atoms with Gasteiger partial charge in [-0.25, -0.2) is 4.79 Å². The maximum atomic E-state index is 11.8. The average Bonchev–Trinajstić information content (AvgIpc) is 2.80. The lowest BCUT2D eigenvalue weighted by molar-refractivity contribution is -0.148. The van der Waals surface area contributed by atoms with E-state index in [-0.39, 0.29) is 18.1 Å². The highest BCUT2D eigenvalue weighted by atomic mass is 35.5. The Morgan fingerprint density at radius 1 is 1.37 bits per heavy atom. The van der Waals surface area contributed by atoms with E-state index in [4.69, 9.17) is 21.1 Å². The molecule has 6 heteroatoms. The molecule has 1 amide bonds. The molecular formula is C13H20ClNO4. The van der Waals surface area contributed by atoms with Gasteiger partial charge in [0.05, 0.1) is 5.41 Å². The highest BCUT2D eigenvalue weighted by Crippen LogP contribution is 2.64. The number of fused-ring (bicyclic) bond motifs is 1. The minimum absolute atomic E-state index is 0.0172. The van der Waals surface area contributed by atoms with Crippen LogP contribution in [0.2, 0.25) is 0 Å². The molecule has 0 bridgehead atoms. The van der Waals surface area contributed by atoms with Crippen LogP contribution >= 0.6 is 11.6 Å². The van der Waals surface area contributed by atoms with Crippen molar-refractivity contribution in [3.63, 3.8) is 0 Å². The predicted molar refractivity (Wildman–Crippen MR) is 69.7 cm³/mol. The molecule has 0 unspecified atom stereocenters. The van der Waals surface area contributed by atoms with Gasteiger partial charge in [-0.1, -0.05) is 11.6 Å². The summed E-state index contributed by atoms with van der Waals surface area (Å²) in [5, 5.41) is 2.82. The van der Waals surface area contributed by atoms with Crippen LogP contribution in [0.4, 0.5) is 4.79 Å². The lowest BCUT2D eigenvalue weighted by Gasteiger charge is -2.22. The molecule has 0 radical (unpaired) electrons. The highest BCUT2D eigenvalue weighted by Gasteiger charge is 2.66. The van der Waals surface area contributed by atoms with E-state index in [9.17, 15) is 9.59 Å². The topological polar surface area (TPSA) is 64.6 Å². The van der Waals surface area contributed by atoms with Crippen molar-refractivity contribution in [3.05, 3.63) is 0 Å². The number of alkyl halides is 1. The number of halogens is 1. The lowest BCUT2D eigenvalue weighted by atomic mass is 10.0. The second-order valence-corrected chi connectivity index (χ2v) is 6.60. The van der Waals surface area contributed by atoms with Crippen molar-refractivity contribution in [2.24, 2.45) is 11.3 Å². The quantitative estimate of drug-likeness (QED) is 0.640. The first-order valence-corrected chi connectivity index (χ1v) is 7.03. The van der Waals surface area contributed by atoms with Crippen LogP contribution in [0.15, 0.2) is 0 Å². The van der Waals surface area contributed by atoms with Crippen LogP contribution < -0.4 is 5.32 Å².